The molecule has 0 atom stereocenters. The number of ether oxygens (including phenoxy) is 1. The van der Waals surface area contributed by atoms with E-state index in [1.54, 1.807) is 0 Å². The minimum Gasteiger partial charge on any atom is -0.489 e. The van der Waals surface area contributed by atoms with Gasteiger partial charge in [0, 0.05) is 36.7 Å². The van der Waals surface area contributed by atoms with E-state index in [2.05, 4.69) is 29.2 Å². The standard InChI is InChI=1S/C26H24ClNO2/c27-24-11-9-21(10-12-24)19-30-25-8-4-7-22(16-25)15-23-18-28(14-13-26(23)29)17-20-5-2-1-3-6-20/h1-12,15-16H,13-14,17-19H2/b23-15+. The van der Waals surface area contributed by atoms with Crippen LogP contribution in [0.5, 0.6) is 5.75 Å². The molecule has 30 heavy (non-hydrogen) atoms. The molecule has 0 amide bonds. The van der Waals surface area contributed by atoms with Gasteiger partial charge in [-0.15, -0.1) is 0 Å². The number of hydrogen-bond acceptors (Lipinski definition) is 3. The van der Waals surface area contributed by atoms with E-state index in [1.165, 1.54) is 5.56 Å². The second-order valence-corrected chi connectivity index (χ2v) is 7.96. The van der Waals surface area contributed by atoms with Crippen molar-refractivity contribution in [2.75, 3.05) is 13.1 Å². The Morgan fingerprint density at radius 2 is 1.73 bits per heavy atom. The molecule has 0 N–H and O–H groups in total. The van der Waals surface area contributed by atoms with Crippen LogP contribution in [0.4, 0.5) is 0 Å². The Bertz CT molecular complexity index is 1030. The topological polar surface area (TPSA) is 29.5 Å². The van der Waals surface area contributed by atoms with E-state index in [4.69, 9.17) is 16.3 Å². The Labute approximate surface area is 182 Å². The van der Waals surface area contributed by atoms with Crippen LogP contribution in [0.1, 0.15) is 23.1 Å². The maximum absolute atomic E-state index is 12.5. The summed E-state index contributed by atoms with van der Waals surface area (Å²) >= 11 is 5.93. The molecule has 4 heteroatoms. The molecule has 3 nitrogen and oxygen atoms in total. The fourth-order valence-corrected chi connectivity index (χ4v) is 3.70. The molecule has 4 rings (SSSR count). The van der Waals surface area contributed by atoms with Crippen molar-refractivity contribution in [3.05, 3.63) is 106 Å². The number of likely N-dealkylation sites (tertiary alicyclic amines) is 1. The van der Waals surface area contributed by atoms with E-state index in [-0.39, 0.29) is 5.78 Å². The second-order valence-electron chi connectivity index (χ2n) is 7.53. The van der Waals surface area contributed by atoms with Crippen LogP contribution in [0.2, 0.25) is 5.02 Å². The molecule has 3 aromatic rings. The molecule has 1 saturated heterocycles. The van der Waals surface area contributed by atoms with E-state index >= 15 is 0 Å². The van der Waals surface area contributed by atoms with Gasteiger partial charge >= 0.3 is 0 Å². The average Bonchev–Trinajstić information content (AvgIpc) is 2.77. The lowest BCUT2D eigenvalue weighted by Gasteiger charge is -2.27. The van der Waals surface area contributed by atoms with Crippen molar-refractivity contribution < 1.29 is 9.53 Å². The maximum Gasteiger partial charge on any atom is 0.161 e. The van der Waals surface area contributed by atoms with Crippen molar-refractivity contribution in [1.29, 1.82) is 0 Å². The molecule has 0 spiro atoms. The van der Waals surface area contributed by atoms with Gasteiger partial charge in [-0.3, -0.25) is 9.69 Å². The second kappa shape index (κ2) is 9.75. The van der Waals surface area contributed by atoms with Crippen LogP contribution in [0.15, 0.2) is 84.4 Å². The molecule has 1 aliphatic rings. The van der Waals surface area contributed by atoms with Gasteiger partial charge in [-0.2, -0.15) is 0 Å². The van der Waals surface area contributed by atoms with Crippen molar-refractivity contribution in [3.8, 4) is 5.75 Å². The third-order valence-electron chi connectivity index (χ3n) is 5.17. The summed E-state index contributed by atoms with van der Waals surface area (Å²) < 4.78 is 5.92. The van der Waals surface area contributed by atoms with Gasteiger partial charge in [-0.25, -0.2) is 0 Å². The molecular formula is C26H24ClNO2. The van der Waals surface area contributed by atoms with Crippen LogP contribution in [-0.4, -0.2) is 23.8 Å². The lowest BCUT2D eigenvalue weighted by atomic mass is 9.99. The molecule has 1 heterocycles. The molecule has 0 aromatic heterocycles. The summed E-state index contributed by atoms with van der Waals surface area (Å²) in [5, 5.41) is 0.714. The third kappa shape index (κ3) is 5.59. The minimum atomic E-state index is 0.229. The zero-order valence-electron chi connectivity index (χ0n) is 16.8. The zero-order valence-corrected chi connectivity index (χ0v) is 17.5. The first-order chi connectivity index (χ1) is 14.7. The molecule has 152 valence electrons. The predicted molar refractivity (Wildman–Crippen MR) is 122 cm³/mol. The summed E-state index contributed by atoms with van der Waals surface area (Å²) in [5.74, 6) is 1.01. The van der Waals surface area contributed by atoms with Gasteiger partial charge in [0.2, 0.25) is 0 Å². The first kappa shape index (κ1) is 20.4. The van der Waals surface area contributed by atoms with Crippen LogP contribution in [0, 0.1) is 0 Å². The van der Waals surface area contributed by atoms with E-state index in [9.17, 15) is 4.79 Å². The number of carbonyl (C=O) groups is 1. The SMILES string of the molecule is O=C1CCN(Cc2ccccc2)C/C1=C\c1cccc(OCc2ccc(Cl)cc2)c1. The number of benzene rings is 3. The molecule has 0 aliphatic carbocycles. The van der Waals surface area contributed by atoms with Gasteiger partial charge in [0.1, 0.15) is 12.4 Å². The summed E-state index contributed by atoms with van der Waals surface area (Å²) in [6.07, 6.45) is 2.56. The fraction of sp³-hybridized carbons (Fsp3) is 0.192. The lowest BCUT2D eigenvalue weighted by molar-refractivity contribution is -0.117. The average molecular weight is 418 g/mol. The van der Waals surface area contributed by atoms with Crippen LogP contribution in [-0.2, 0) is 17.9 Å². The highest BCUT2D eigenvalue weighted by molar-refractivity contribution is 6.30. The van der Waals surface area contributed by atoms with Gasteiger partial charge in [0.15, 0.2) is 5.78 Å². The Balaban J connectivity index is 1.42. The molecule has 0 radical (unpaired) electrons. The monoisotopic (exact) mass is 417 g/mol. The first-order valence-corrected chi connectivity index (χ1v) is 10.5. The summed E-state index contributed by atoms with van der Waals surface area (Å²) in [6.45, 7) is 2.80. The van der Waals surface area contributed by atoms with Crippen molar-refractivity contribution >= 4 is 23.5 Å². The quantitative estimate of drug-likeness (QED) is 0.476. The highest BCUT2D eigenvalue weighted by Crippen LogP contribution is 2.21. The highest BCUT2D eigenvalue weighted by atomic mass is 35.5. The maximum atomic E-state index is 12.5. The van der Waals surface area contributed by atoms with E-state index in [1.807, 2.05) is 60.7 Å². The molecule has 3 aromatic carbocycles. The normalized spacial score (nSPS) is 16.0. The zero-order chi connectivity index (χ0) is 20.8. The number of Topliss-reactive ketones (excluding diaryl/α,β-unsaturated/α-hetero) is 1. The van der Waals surface area contributed by atoms with Gasteiger partial charge in [0.25, 0.3) is 0 Å². The largest absolute Gasteiger partial charge is 0.489 e. The van der Waals surface area contributed by atoms with Crippen molar-refractivity contribution in [3.63, 3.8) is 0 Å². The number of carbonyl (C=O) groups excluding carboxylic acids is 1. The summed E-state index contributed by atoms with van der Waals surface area (Å²) in [7, 11) is 0. The fourth-order valence-electron chi connectivity index (χ4n) is 3.57. The van der Waals surface area contributed by atoms with Crippen LogP contribution < -0.4 is 4.74 Å². The van der Waals surface area contributed by atoms with Crippen molar-refractivity contribution in [2.24, 2.45) is 0 Å². The Kier molecular flexibility index (Phi) is 6.63. The Morgan fingerprint density at radius 1 is 0.933 bits per heavy atom. The number of ketones is 1. The molecular weight excluding hydrogens is 394 g/mol. The van der Waals surface area contributed by atoms with Gasteiger partial charge in [-0.05, 0) is 47.0 Å². The van der Waals surface area contributed by atoms with Crippen molar-refractivity contribution in [1.82, 2.24) is 4.90 Å². The highest BCUT2D eigenvalue weighted by Gasteiger charge is 2.21. The summed E-state index contributed by atoms with van der Waals surface area (Å²) in [5.41, 5.74) is 4.16. The number of nitrogens with zero attached hydrogens (tertiary/aromatic N) is 1. The molecule has 1 fully saturated rings. The number of hydrogen-bond donors (Lipinski definition) is 0. The molecule has 0 bridgehead atoms. The third-order valence-corrected chi connectivity index (χ3v) is 5.43. The smallest absolute Gasteiger partial charge is 0.161 e. The number of piperidine rings is 1. The number of halogens is 1. The van der Waals surface area contributed by atoms with E-state index in [0.717, 1.165) is 35.5 Å². The molecule has 1 aliphatic heterocycles. The van der Waals surface area contributed by atoms with Gasteiger partial charge in [0.05, 0.1) is 0 Å². The number of rotatable bonds is 6. The Hall–Kier alpha value is -2.88. The summed E-state index contributed by atoms with van der Waals surface area (Å²) in [4.78, 5) is 14.8. The van der Waals surface area contributed by atoms with E-state index < -0.39 is 0 Å². The van der Waals surface area contributed by atoms with Gasteiger partial charge < -0.3 is 4.74 Å². The van der Waals surface area contributed by atoms with Crippen LogP contribution in [0.3, 0.4) is 0 Å². The van der Waals surface area contributed by atoms with E-state index in [0.29, 0.717) is 24.6 Å². The first-order valence-electron chi connectivity index (χ1n) is 10.1. The minimum absolute atomic E-state index is 0.229. The molecule has 0 unspecified atom stereocenters. The van der Waals surface area contributed by atoms with Crippen molar-refractivity contribution in [2.45, 2.75) is 19.6 Å². The predicted octanol–water partition coefficient (Wildman–Crippen LogP) is 5.78. The van der Waals surface area contributed by atoms with Crippen LogP contribution >= 0.6 is 11.6 Å². The summed E-state index contributed by atoms with van der Waals surface area (Å²) in [6, 6.07) is 25.9. The van der Waals surface area contributed by atoms with Crippen LogP contribution in [0.25, 0.3) is 6.08 Å². The molecule has 0 saturated carbocycles. The lowest BCUT2D eigenvalue weighted by Crippen LogP contribution is -2.35. The van der Waals surface area contributed by atoms with Gasteiger partial charge in [-0.1, -0.05) is 66.2 Å². The Morgan fingerprint density at radius 3 is 2.53 bits per heavy atom.